The molecule has 0 saturated carbocycles. The normalized spacial score (nSPS) is 14.3. The molecule has 1 aliphatic rings. The smallest absolute Gasteiger partial charge is 0.256 e. The minimum atomic E-state index is -0.152. The fourth-order valence-corrected chi connectivity index (χ4v) is 4.13. The van der Waals surface area contributed by atoms with Crippen LogP contribution in [0.25, 0.3) is 28.2 Å². The highest BCUT2D eigenvalue weighted by Crippen LogP contribution is 2.39. The molecule has 1 amide bonds. The minimum absolute atomic E-state index is 0.152. The molecule has 0 bridgehead atoms. The van der Waals surface area contributed by atoms with Crippen molar-refractivity contribution < 1.29 is 9.53 Å². The van der Waals surface area contributed by atoms with Gasteiger partial charge in [-0.25, -0.2) is 0 Å². The van der Waals surface area contributed by atoms with Crippen molar-refractivity contribution in [3.8, 4) is 11.4 Å². The molecule has 2 heterocycles. The van der Waals surface area contributed by atoms with E-state index in [9.17, 15) is 4.79 Å². The number of hydrogen-bond acceptors (Lipinski definition) is 2. The lowest BCUT2D eigenvalue weighted by Crippen LogP contribution is -2.03. The van der Waals surface area contributed by atoms with Crippen LogP contribution in [0.1, 0.15) is 11.1 Å². The maximum Gasteiger partial charge on any atom is 0.256 e. The molecule has 0 radical (unpaired) electrons. The fraction of sp³-hybridized carbons (Fsp3) is 0.0417. The zero-order chi connectivity index (χ0) is 20.0. The van der Waals surface area contributed by atoms with Gasteiger partial charge in [-0.2, -0.15) is 0 Å². The summed E-state index contributed by atoms with van der Waals surface area (Å²) in [5, 5.41) is 4.46. The molecule has 5 rings (SSSR count). The first-order chi connectivity index (χ1) is 14.2. The molecule has 29 heavy (non-hydrogen) atoms. The monoisotopic (exact) mass is 400 g/mol. The van der Waals surface area contributed by atoms with Crippen LogP contribution in [0.15, 0.2) is 72.8 Å². The largest absolute Gasteiger partial charge is 0.497 e. The Labute approximate surface area is 173 Å². The summed E-state index contributed by atoms with van der Waals surface area (Å²) in [6.45, 7) is 0. The van der Waals surface area contributed by atoms with Crippen molar-refractivity contribution in [3.63, 3.8) is 0 Å². The number of amides is 1. The number of benzene rings is 3. The van der Waals surface area contributed by atoms with Gasteiger partial charge in [0, 0.05) is 33.5 Å². The highest BCUT2D eigenvalue weighted by Gasteiger charge is 2.26. The van der Waals surface area contributed by atoms with Crippen molar-refractivity contribution >= 4 is 45.7 Å². The van der Waals surface area contributed by atoms with Gasteiger partial charge in [-0.05, 0) is 42.5 Å². The predicted octanol–water partition coefficient (Wildman–Crippen LogP) is 5.79. The maximum absolute atomic E-state index is 12.7. The van der Waals surface area contributed by atoms with Gasteiger partial charge in [0.05, 0.1) is 12.6 Å². The molecule has 0 aliphatic carbocycles. The molecule has 0 fully saturated rings. The molecule has 4 nitrogen and oxygen atoms in total. The molecular formula is C24H17ClN2O2. The number of methoxy groups -OCH3 is 1. The Morgan fingerprint density at radius 3 is 2.55 bits per heavy atom. The molecule has 0 atom stereocenters. The quantitative estimate of drug-likeness (QED) is 0.442. The summed E-state index contributed by atoms with van der Waals surface area (Å²) >= 11 is 6.86. The number of aromatic nitrogens is 1. The Kier molecular flexibility index (Phi) is 4.14. The molecule has 0 spiro atoms. The molecule has 142 valence electrons. The van der Waals surface area contributed by atoms with E-state index in [0.717, 1.165) is 33.4 Å². The van der Waals surface area contributed by atoms with Crippen LogP contribution >= 0.6 is 11.6 Å². The van der Waals surface area contributed by atoms with Crippen LogP contribution in [0.5, 0.6) is 5.75 Å². The van der Waals surface area contributed by atoms with E-state index in [0.29, 0.717) is 16.5 Å². The number of halogens is 1. The second kappa shape index (κ2) is 6.83. The average Bonchev–Trinajstić information content (AvgIpc) is 3.22. The Morgan fingerprint density at radius 2 is 1.76 bits per heavy atom. The number of hydrogen-bond donors (Lipinski definition) is 1. The second-order valence-corrected chi connectivity index (χ2v) is 7.17. The van der Waals surface area contributed by atoms with Crippen LogP contribution < -0.4 is 10.1 Å². The predicted molar refractivity (Wildman–Crippen MR) is 118 cm³/mol. The molecule has 0 saturated heterocycles. The van der Waals surface area contributed by atoms with Gasteiger partial charge in [-0.15, -0.1) is 0 Å². The van der Waals surface area contributed by atoms with E-state index >= 15 is 0 Å². The van der Waals surface area contributed by atoms with Crippen molar-refractivity contribution in [2.24, 2.45) is 0 Å². The van der Waals surface area contributed by atoms with Gasteiger partial charge in [0.25, 0.3) is 5.91 Å². The lowest BCUT2D eigenvalue weighted by Gasteiger charge is -2.06. The lowest BCUT2D eigenvalue weighted by molar-refractivity contribution is -0.110. The Balaban J connectivity index is 1.76. The van der Waals surface area contributed by atoms with E-state index in [1.165, 1.54) is 0 Å². The molecule has 3 aromatic carbocycles. The van der Waals surface area contributed by atoms with Crippen LogP contribution in [-0.4, -0.2) is 17.6 Å². The third-order valence-electron chi connectivity index (χ3n) is 5.17. The minimum Gasteiger partial charge on any atom is -0.497 e. The highest BCUT2D eigenvalue weighted by molar-refractivity contribution is 6.38. The van der Waals surface area contributed by atoms with Crippen molar-refractivity contribution in [1.82, 2.24) is 4.57 Å². The van der Waals surface area contributed by atoms with Gasteiger partial charge in [0.15, 0.2) is 0 Å². The van der Waals surface area contributed by atoms with Crippen molar-refractivity contribution in [3.05, 3.63) is 89.1 Å². The van der Waals surface area contributed by atoms with Crippen LogP contribution in [0.3, 0.4) is 0 Å². The Morgan fingerprint density at radius 1 is 1.00 bits per heavy atom. The third-order valence-corrected chi connectivity index (χ3v) is 5.54. The van der Waals surface area contributed by atoms with Gasteiger partial charge >= 0.3 is 0 Å². The number of carbonyl (C=O) groups excluding carboxylic acids is 1. The van der Waals surface area contributed by atoms with Gasteiger partial charge in [-0.1, -0.05) is 48.0 Å². The first kappa shape index (κ1) is 17.6. The highest BCUT2D eigenvalue weighted by atomic mass is 35.5. The van der Waals surface area contributed by atoms with Crippen LogP contribution in [0, 0.1) is 0 Å². The summed E-state index contributed by atoms with van der Waals surface area (Å²) < 4.78 is 7.34. The molecular weight excluding hydrogens is 384 g/mol. The molecule has 4 aromatic rings. The molecule has 1 N–H and O–H groups in total. The zero-order valence-corrected chi connectivity index (χ0v) is 16.4. The van der Waals surface area contributed by atoms with E-state index < -0.39 is 0 Å². The summed E-state index contributed by atoms with van der Waals surface area (Å²) in [5.74, 6) is 0.546. The van der Waals surface area contributed by atoms with Crippen molar-refractivity contribution in [2.75, 3.05) is 12.4 Å². The van der Waals surface area contributed by atoms with E-state index in [-0.39, 0.29) is 5.91 Å². The third kappa shape index (κ3) is 2.80. The Hall–Kier alpha value is -3.50. The Bertz CT molecular complexity index is 1290. The first-order valence-electron chi connectivity index (χ1n) is 9.23. The van der Waals surface area contributed by atoms with E-state index in [2.05, 4.69) is 5.32 Å². The number of para-hydroxylation sites is 2. The maximum atomic E-state index is 12.7. The zero-order valence-electron chi connectivity index (χ0n) is 15.6. The fourth-order valence-electron chi connectivity index (χ4n) is 3.78. The number of nitrogens with zero attached hydrogens (tertiary/aromatic N) is 1. The molecule has 1 aliphatic heterocycles. The lowest BCUT2D eigenvalue weighted by atomic mass is 10.0. The SMILES string of the molecule is COc1ccc2c(c1)/C(=C\c1c(Cl)n(-c3ccccc3)c3ccccc13)C(=O)N2. The number of fused-ring (bicyclic) bond motifs is 2. The topological polar surface area (TPSA) is 43.3 Å². The molecule has 0 unspecified atom stereocenters. The number of anilines is 1. The van der Waals surface area contributed by atoms with Crippen molar-refractivity contribution in [2.45, 2.75) is 0 Å². The first-order valence-corrected chi connectivity index (χ1v) is 9.61. The van der Waals surface area contributed by atoms with Gasteiger partial charge in [0.1, 0.15) is 10.9 Å². The van der Waals surface area contributed by atoms with Crippen molar-refractivity contribution in [1.29, 1.82) is 0 Å². The summed E-state index contributed by atoms with van der Waals surface area (Å²) in [7, 11) is 1.61. The van der Waals surface area contributed by atoms with E-state index in [4.69, 9.17) is 16.3 Å². The summed E-state index contributed by atoms with van der Waals surface area (Å²) in [5.41, 5.74) is 4.91. The van der Waals surface area contributed by atoms with Gasteiger partial charge in [-0.3, -0.25) is 9.36 Å². The number of ether oxygens (including phenoxy) is 1. The summed E-state index contributed by atoms with van der Waals surface area (Å²) in [6, 6.07) is 23.5. The standard InChI is InChI=1S/C24H17ClN2O2/c1-29-16-11-12-21-18(13-16)20(24(28)26-21)14-19-17-9-5-6-10-22(17)27(23(19)25)15-7-3-2-4-8-15/h2-14H,1H3,(H,26,28)/b20-14+. The average molecular weight is 401 g/mol. The summed E-state index contributed by atoms with van der Waals surface area (Å²) in [6.07, 6.45) is 1.87. The van der Waals surface area contributed by atoms with E-state index in [1.807, 2.05) is 83.4 Å². The molecule has 1 aromatic heterocycles. The van der Waals surface area contributed by atoms with Crippen LogP contribution in [0.4, 0.5) is 5.69 Å². The second-order valence-electron chi connectivity index (χ2n) is 6.82. The number of carbonyl (C=O) groups is 1. The van der Waals surface area contributed by atoms with E-state index in [1.54, 1.807) is 7.11 Å². The van der Waals surface area contributed by atoms with Gasteiger partial charge < -0.3 is 10.1 Å². The van der Waals surface area contributed by atoms with Crippen LogP contribution in [-0.2, 0) is 4.79 Å². The van der Waals surface area contributed by atoms with Gasteiger partial charge in [0.2, 0.25) is 0 Å². The number of rotatable bonds is 3. The van der Waals surface area contributed by atoms with Crippen LogP contribution in [0.2, 0.25) is 5.15 Å². The number of nitrogens with one attached hydrogen (secondary N) is 1. The molecule has 5 heteroatoms. The summed E-state index contributed by atoms with van der Waals surface area (Å²) in [4.78, 5) is 12.7.